The fourth-order valence-electron chi connectivity index (χ4n) is 2.41. The van der Waals surface area contributed by atoms with Crippen LogP contribution in [0.5, 0.6) is 0 Å². The van der Waals surface area contributed by atoms with E-state index in [0.717, 1.165) is 23.7 Å². The Kier molecular flexibility index (Phi) is 2.97. The highest BCUT2D eigenvalue weighted by molar-refractivity contribution is 7.99. The highest BCUT2D eigenvalue weighted by Gasteiger charge is 2.15. The van der Waals surface area contributed by atoms with Gasteiger partial charge in [0.2, 0.25) is 0 Å². The lowest BCUT2D eigenvalue weighted by atomic mass is 9.97. The van der Waals surface area contributed by atoms with E-state index in [9.17, 15) is 0 Å². The predicted octanol–water partition coefficient (Wildman–Crippen LogP) is 2.60. The van der Waals surface area contributed by atoms with Crippen LogP contribution in [0.15, 0.2) is 24.5 Å². The predicted molar refractivity (Wildman–Crippen MR) is 73.4 cm³/mol. The van der Waals surface area contributed by atoms with Gasteiger partial charge in [-0.2, -0.15) is 11.8 Å². The van der Waals surface area contributed by atoms with E-state index in [1.54, 1.807) is 0 Å². The van der Waals surface area contributed by atoms with E-state index in [1.807, 2.05) is 22.7 Å². The Labute approximate surface area is 105 Å². The van der Waals surface area contributed by atoms with Crippen LogP contribution < -0.4 is 5.73 Å². The molecule has 90 valence electrons. The zero-order valence-corrected chi connectivity index (χ0v) is 10.6. The maximum atomic E-state index is 5.77. The van der Waals surface area contributed by atoms with Gasteiger partial charge in [0.15, 0.2) is 0 Å². The van der Waals surface area contributed by atoms with Crippen molar-refractivity contribution >= 4 is 23.1 Å². The number of nitrogens with two attached hydrogens (primary N) is 1. The second kappa shape index (κ2) is 4.61. The number of thioether (sulfide) groups is 1. The van der Waals surface area contributed by atoms with E-state index in [2.05, 4.69) is 22.9 Å². The minimum atomic E-state index is 0.788. The van der Waals surface area contributed by atoms with Crippen LogP contribution in [0.3, 0.4) is 0 Å². The number of pyridine rings is 1. The minimum absolute atomic E-state index is 0.788. The van der Waals surface area contributed by atoms with Crippen LogP contribution in [0, 0.1) is 5.92 Å². The number of fused-ring (bicyclic) bond motifs is 1. The third-order valence-corrected chi connectivity index (χ3v) is 4.41. The fraction of sp³-hybridized carbons (Fsp3) is 0.462. The number of rotatable bonds is 2. The van der Waals surface area contributed by atoms with Crippen LogP contribution in [0.25, 0.3) is 5.65 Å². The zero-order valence-electron chi connectivity index (χ0n) is 9.80. The number of imidazole rings is 1. The Morgan fingerprint density at radius 3 is 2.94 bits per heavy atom. The highest BCUT2D eigenvalue weighted by Crippen LogP contribution is 2.25. The van der Waals surface area contributed by atoms with Gasteiger partial charge >= 0.3 is 0 Å². The van der Waals surface area contributed by atoms with Crippen molar-refractivity contribution in [2.75, 3.05) is 17.2 Å². The summed E-state index contributed by atoms with van der Waals surface area (Å²) in [5.74, 6) is 3.44. The number of nitrogen functional groups attached to an aromatic ring is 1. The monoisotopic (exact) mass is 247 g/mol. The molecule has 0 unspecified atom stereocenters. The molecule has 3 nitrogen and oxygen atoms in total. The lowest BCUT2D eigenvalue weighted by Gasteiger charge is -2.19. The summed E-state index contributed by atoms with van der Waals surface area (Å²) in [5, 5.41) is 0. The molecule has 2 aromatic rings. The summed E-state index contributed by atoms with van der Waals surface area (Å²) in [4.78, 5) is 4.65. The van der Waals surface area contributed by atoms with Crippen LogP contribution in [0.4, 0.5) is 5.69 Å². The number of hydrogen-bond acceptors (Lipinski definition) is 3. The molecule has 0 radical (unpaired) electrons. The van der Waals surface area contributed by atoms with Crippen molar-refractivity contribution in [2.24, 2.45) is 5.92 Å². The van der Waals surface area contributed by atoms with Crippen molar-refractivity contribution in [3.8, 4) is 0 Å². The molecule has 3 heterocycles. The lowest BCUT2D eigenvalue weighted by molar-refractivity contribution is 0.483. The van der Waals surface area contributed by atoms with Crippen molar-refractivity contribution in [1.82, 2.24) is 9.38 Å². The summed E-state index contributed by atoms with van der Waals surface area (Å²) < 4.78 is 2.03. The lowest BCUT2D eigenvalue weighted by Crippen LogP contribution is -2.12. The molecular weight excluding hydrogens is 230 g/mol. The van der Waals surface area contributed by atoms with Gasteiger partial charge in [0.1, 0.15) is 5.65 Å². The molecule has 4 heteroatoms. The quantitative estimate of drug-likeness (QED) is 0.887. The first-order valence-corrected chi connectivity index (χ1v) is 7.27. The summed E-state index contributed by atoms with van der Waals surface area (Å²) in [5.41, 5.74) is 8.75. The number of nitrogens with zero attached hydrogens (tertiary/aromatic N) is 2. The first kappa shape index (κ1) is 11.0. The Morgan fingerprint density at radius 2 is 2.12 bits per heavy atom. The topological polar surface area (TPSA) is 43.3 Å². The van der Waals surface area contributed by atoms with Gasteiger partial charge in [-0.15, -0.1) is 0 Å². The molecule has 1 saturated heterocycles. The third kappa shape index (κ3) is 2.41. The van der Waals surface area contributed by atoms with Gasteiger partial charge in [-0.1, -0.05) is 0 Å². The molecule has 0 atom stereocenters. The van der Waals surface area contributed by atoms with Gasteiger partial charge in [-0.05, 0) is 48.8 Å². The first-order chi connectivity index (χ1) is 8.31. The van der Waals surface area contributed by atoms with E-state index in [0.29, 0.717) is 0 Å². The van der Waals surface area contributed by atoms with Gasteiger partial charge in [0.05, 0.1) is 5.69 Å². The molecule has 3 rings (SSSR count). The molecule has 0 aromatic carbocycles. The molecule has 2 aromatic heterocycles. The zero-order chi connectivity index (χ0) is 11.7. The summed E-state index contributed by atoms with van der Waals surface area (Å²) in [6.07, 6.45) is 7.83. The summed E-state index contributed by atoms with van der Waals surface area (Å²) in [6, 6.07) is 3.89. The first-order valence-electron chi connectivity index (χ1n) is 6.12. The molecule has 0 saturated carbocycles. The molecule has 2 N–H and O–H groups in total. The van der Waals surface area contributed by atoms with Gasteiger partial charge in [-0.3, -0.25) is 0 Å². The van der Waals surface area contributed by atoms with Crippen LogP contribution in [-0.4, -0.2) is 20.9 Å². The van der Waals surface area contributed by atoms with Gasteiger partial charge in [0.25, 0.3) is 0 Å². The third-order valence-electron chi connectivity index (χ3n) is 3.36. The standard InChI is InChI=1S/C13H17N3S/c14-11-1-2-13-15-12(9-16(13)8-11)7-10-3-5-17-6-4-10/h1-2,8-10H,3-7,14H2. The highest BCUT2D eigenvalue weighted by atomic mass is 32.2. The van der Waals surface area contributed by atoms with Crippen LogP contribution >= 0.6 is 11.8 Å². The summed E-state index contributed by atoms with van der Waals surface area (Å²) in [6.45, 7) is 0. The Balaban J connectivity index is 1.80. The maximum absolute atomic E-state index is 5.77. The maximum Gasteiger partial charge on any atom is 0.137 e. The van der Waals surface area contributed by atoms with Gasteiger partial charge in [-0.25, -0.2) is 4.98 Å². The minimum Gasteiger partial charge on any atom is -0.398 e. The van der Waals surface area contributed by atoms with Gasteiger partial charge in [0, 0.05) is 18.1 Å². The molecule has 0 bridgehead atoms. The van der Waals surface area contributed by atoms with Crippen molar-refractivity contribution in [2.45, 2.75) is 19.3 Å². The normalized spacial score (nSPS) is 17.6. The number of anilines is 1. The van der Waals surface area contributed by atoms with Crippen LogP contribution in [-0.2, 0) is 6.42 Å². The van der Waals surface area contributed by atoms with Gasteiger partial charge < -0.3 is 10.1 Å². The summed E-state index contributed by atoms with van der Waals surface area (Å²) in [7, 11) is 0. The molecule has 1 aliphatic heterocycles. The Morgan fingerprint density at radius 1 is 1.29 bits per heavy atom. The molecular formula is C13H17N3S. The SMILES string of the molecule is Nc1ccc2nc(CC3CCSCC3)cn2c1. The van der Waals surface area contributed by atoms with Crippen molar-refractivity contribution < 1.29 is 0 Å². The van der Waals surface area contributed by atoms with E-state index < -0.39 is 0 Å². The second-order valence-corrected chi connectivity index (χ2v) is 5.94. The average Bonchev–Trinajstić information content (AvgIpc) is 2.71. The van der Waals surface area contributed by atoms with Crippen molar-refractivity contribution in [1.29, 1.82) is 0 Å². The van der Waals surface area contributed by atoms with E-state index >= 15 is 0 Å². The number of hydrogen-bond donors (Lipinski definition) is 1. The van der Waals surface area contributed by atoms with E-state index in [-0.39, 0.29) is 0 Å². The van der Waals surface area contributed by atoms with Crippen LogP contribution in [0.2, 0.25) is 0 Å². The largest absolute Gasteiger partial charge is 0.398 e. The van der Waals surface area contributed by atoms with E-state index in [1.165, 1.54) is 30.0 Å². The molecule has 0 aliphatic carbocycles. The average molecular weight is 247 g/mol. The Bertz CT molecular complexity index is 514. The molecule has 17 heavy (non-hydrogen) atoms. The van der Waals surface area contributed by atoms with E-state index in [4.69, 9.17) is 5.73 Å². The summed E-state index contributed by atoms with van der Waals surface area (Å²) >= 11 is 2.07. The smallest absolute Gasteiger partial charge is 0.137 e. The molecule has 1 aliphatic rings. The molecule has 1 fully saturated rings. The number of aromatic nitrogens is 2. The molecule has 0 spiro atoms. The van der Waals surface area contributed by atoms with Crippen LogP contribution in [0.1, 0.15) is 18.5 Å². The van der Waals surface area contributed by atoms with Crippen molar-refractivity contribution in [3.05, 3.63) is 30.2 Å². The Hall–Kier alpha value is -1.16. The van der Waals surface area contributed by atoms with Crippen molar-refractivity contribution in [3.63, 3.8) is 0 Å². The second-order valence-electron chi connectivity index (χ2n) is 4.72. The molecule has 0 amide bonds. The fourth-order valence-corrected chi connectivity index (χ4v) is 3.61.